The van der Waals surface area contributed by atoms with Gasteiger partial charge in [-0.15, -0.1) is 22.6 Å². The van der Waals surface area contributed by atoms with E-state index >= 15 is 0 Å². The van der Waals surface area contributed by atoms with Gasteiger partial charge in [-0.3, -0.25) is 4.68 Å². The Kier molecular flexibility index (Phi) is 5.47. The van der Waals surface area contributed by atoms with E-state index in [0.717, 1.165) is 48.2 Å². The van der Waals surface area contributed by atoms with Gasteiger partial charge >= 0.3 is 0 Å². The predicted molar refractivity (Wildman–Crippen MR) is 97.5 cm³/mol. The summed E-state index contributed by atoms with van der Waals surface area (Å²) < 4.78 is 9.37. The van der Waals surface area contributed by atoms with E-state index in [-0.39, 0.29) is 12.4 Å². The Bertz CT molecular complexity index is 829. The van der Waals surface area contributed by atoms with Crippen LogP contribution < -0.4 is 5.32 Å². The van der Waals surface area contributed by atoms with Crippen molar-refractivity contribution in [2.45, 2.75) is 19.6 Å². The lowest BCUT2D eigenvalue weighted by Crippen LogP contribution is -2.28. The smallest absolute Gasteiger partial charge is 0.182 e. The molecule has 1 aromatic carbocycles. The van der Waals surface area contributed by atoms with E-state index < -0.39 is 0 Å². The second kappa shape index (κ2) is 7.77. The molecule has 1 aliphatic rings. The minimum Gasteiger partial charge on any atom is -0.383 e. The molecule has 3 heterocycles. The minimum absolute atomic E-state index is 0. The molecule has 0 saturated heterocycles. The third-order valence-electron chi connectivity index (χ3n) is 4.21. The third-order valence-corrected chi connectivity index (χ3v) is 4.21. The van der Waals surface area contributed by atoms with Crippen molar-refractivity contribution in [2.24, 2.45) is 0 Å². The van der Waals surface area contributed by atoms with Crippen LogP contribution in [0, 0.1) is 0 Å². The summed E-state index contributed by atoms with van der Waals surface area (Å²) in [4.78, 5) is 0. The molecule has 2 aromatic heterocycles. The lowest BCUT2D eigenvalue weighted by molar-refractivity contribution is 0.184. The molecule has 25 heavy (non-hydrogen) atoms. The molecular formula is C17H21ClN6O. The first kappa shape index (κ1) is 17.6. The summed E-state index contributed by atoms with van der Waals surface area (Å²) in [5, 5.41) is 16.8. The largest absolute Gasteiger partial charge is 0.383 e. The van der Waals surface area contributed by atoms with Crippen LogP contribution >= 0.6 is 12.4 Å². The number of hydrogen-bond acceptors (Lipinski definition) is 5. The van der Waals surface area contributed by atoms with E-state index in [1.165, 1.54) is 0 Å². The molecule has 0 atom stereocenters. The first-order chi connectivity index (χ1) is 11.9. The Morgan fingerprint density at radius 1 is 1.20 bits per heavy atom. The van der Waals surface area contributed by atoms with Crippen LogP contribution in [0.1, 0.15) is 5.82 Å². The Hall–Kier alpha value is -2.22. The molecule has 0 amide bonds. The third kappa shape index (κ3) is 3.44. The van der Waals surface area contributed by atoms with E-state index in [4.69, 9.17) is 9.84 Å². The summed E-state index contributed by atoms with van der Waals surface area (Å²) in [7, 11) is 1.70. The number of halogens is 1. The molecule has 0 fully saturated rings. The van der Waals surface area contributed by atoms with Crippen LogP contribution in [-0.2, 0) is 24.4 Å². The summed E-state index contributed by atoms with van der Waals surface area (Å²) in [6.45, 7) is 3.83. The van der Waals surface area contributed by atoms with Gasteiger partial charge in [0.25, 0.3) is 0 Å². The van der Waals surface area contributed by atoms with Crippen molar-refractivity contribution in [1.29, 1.82) is 0 Å². The van der Waals surface area contributed by atoms with Gasteiger partial charge in [0, 0.05) is 25.8 Å². The molecular weight excluding hydrogens is 340 g/mol. The maximum absolute atomic E-state index is 5.23. The summed E-state index contributed by atoms with van der Waals surface area (Å²) in [5.41, 5.74) is 3.01. The Morgan fingerprint density at radius 3 is 2.84 bits per heavy atom. The number of fused-ring (bicyclic) bond motifs is 1. The second-order valence-corrected chi connectivity index (χ2v) is 5.77. The summed E-state index contributed by atoms with van der Waals surface area (Å²) in [6, 6.07) is 12.3. The highest BCUT2D eigenvalue weighted by molar-refractivity contribution is 5.85. The van der Waals surface area contributed by atoms with Crippen molar-refractivity contribution in [3.05, 3.63) is 42.2 Å². The van der Waals surface area contributed by atoms with Crippen LogP contribution in [0.4, 0.5) is 0 Å². The SMILES string of the molecule is COCCn1nc(-c2ccccc2)cc1-c1nnc2n1CCNC2.Cl. The highest BCUT2D eigenvalue weighted by Gasteiger charge is 2.21. The average Bonchev–Trinajstić information content (AvgIpc) is 3.24. The summed E-state index contributed by atoms with van der Waals surface area (Å²) >= 11 is 0. The van der Waals surface area contributed by atoms with Crippen LogP contribution in [0.15, 0.2) is 36.4 Å². The van der Waals surface area contributed by atoms with Crippen LogP contribution in [0.5, 0.6) is 0 Å². The number of benzene rings is 1. The van der Waals surface area contributed by atoms with Gasteiger partial charge in [-0.1, -0.05) is 30.3 Å². The summed E-state index contributed by atoms with van der Waals surface area (Å²) in [5.74, 6) is 1.84. The monoisotopic (exact) mass is 360 g/mol. The molecule has 0 unspecified atom stereocenters. The average molecular weight is 361 g/mol. The van der Waals surface area contributed by atoms with Crippen molar-refractivity contribution < 1.29 is 4.74 Å². The van der Waals surface area contributed by atoms with E-state index in [0.29, 0.717) is 13.2 Å². The fourth-order valence-electron chi connectivity index (χ4n) is 2.98. The van der Waals surface area contributed by atoms with Gasteiger partial charge in [-0.2, -0.15) is 5.10 Å². The van der Waals surface area contributed by atoms with Gasteiger partial charge in [0.15, 0.2) is 5.82 Å². The van der Waals surface area contributed by atoms with Crippen molar-refractivity contribution in [2.75, 3.05) is 20.3 Å². The van der Waals surface area contributed by atoms with Crippen molar-refractivity contribution in [3.63, 3.8) is 0 Å². The highest BCUT2D eigenvalue weighted by Crippen LogP contribution is 2.26. The van der Waals surface area contributed by atoms with Crippen molar-refractivity contribution in [3.8, 4) is 22.8 Å². The van der Waals surface area contributed by atoms with Gasteiger partial charge in [-0.05, 0) is 6.07 Å². The van der Waals surface area contributed by atoms with E-state index in [9.17, 15) is 0 Å². The quantitative estimate of drug-likeness (QED) is 0.753. The lowest BCUT2D eigenvalue weighted by Gasteiger charge is -2.16. The number of methoxy groups -OCH3 is 1. The molecule has 3 aromatic rings. The van der Waals surface area contributed by atoms with Crippen LogP contribution in [-0.4, -0.2) is 44.8 Å². The summed E-state index contributed by atoms with van der Waals surface area (Å²) in [6.07, 6.45) is 0. The van der Waals surface area contributed by atoms with Crippen molar-refractivity contribution >= 4 is 12.4 Å². The molecule has 132 valence electrons. The fraction of sp³-hybridized carbons (Fsp3) is 0.353. The van der Waals surface area contributed by atoms with Gasteiger partial charge in [0.2, 0.25) is 0 Å². The second-order valence-electron chi connectivity index (χ2n) is 5.77. The number of aromatic nitrogens is 5. The molecule has 0 bridgehead atoms. The molecule has 7 nitrogen and oxygen atoms in total. The van der Waals surface area contributed by atoms with Gasteiger partial charge in [-0.25, -0.2) is 0 Å². The van der Waals surface area contributed by atoms with Gasteiger partial charge in [0.1, 0.15) is 11.5 Å². The zero-order valence-electron chi connectivity index (χ0n) is 14.1. The number of rotatable bonds is 5. The predicted octanol–water partition coefficient (Wildman–Crippen LogP) is 1.98. The highest BCUT2D eigenvalue weighted by atomic mass is 35.5. The van der Waals surface area contributed by atoms with E-state index in [1.54, 1.807) is 7.11 Å². The first-order valence-electron chi connectivity index (χ1n) is 8.12. The maximum Gasteiger partial charge on any atom is 0.182 e. The first-order valence-corrected chi connectivity index (χ1v) is 8.12. The maximum atomic E-state index is 5.23. The van der Waals surface area contributed by atoms with Crippen LogP contribution in [0.2, 0.25) is 0 Å². The molecule has 0 spiro atoms. The van der Waals surface area contributed by atoms with Gasteiger partial charge in [0.05, 0.1) is 25.4 Å². The van der Waals surface area contributed by atoms with Crippen LogP contribution in [0.25, 0.3) is 22.8 Å². The molecule has 0 aliphatic carbocycles. The van der Waals surface area contributed by atoms with Crippen LogP contribution in [0.3, 0.4) is 0 Å². The number of ether oxygens (including phenoxy) is 1. The number of nitrogens with one attached hydrogen (secondary N) is 1. The molecule has 1 aliphatic heterocycles. The Labute approximate surface area is 152 Å². The normalized spacial score (nSPS) is 13.3. The fourth-order valence-corrected chi connectivity index (χ4v) is 2.98. The molecule has 4 rings (SSSR count). The Morgan fingerprint density at radius 2 is 2.04 bits per heavy atom. The van der Waals surface area contributed by atoms with Crippen molar-refractivity contribution in [1.82, 2.24) is 29.9 Å². The molecule has 0 saturated carbocycles. The molecule has 8 heteroatoms. The number of hydrogen-bond donors (Lipinski definition) is 1. The molecule has 1 N–H and O–H groups in total. The Balaban J connectivity index is 0.00000182. The minimum atomic E-state index is 0. The lowest BCUT2D eigenvalue weighted by atomic mass is 10.1. The number of nitrogens with zero attached hydrogens (tertiary/aromatic N) is 5. The zero-order valence-corrected chi connectivity index (χ0v) is 14.9. The van der Waals surface area contributed by atoms with Gasteiger partial charge < -0.3 is 14.6 Å². The topological polar surface area (TPSA) is 69.8 Å². The zero-order chi connectivity index (χ0) is 16.4. The van der Waals surface area contributed by atoms with E-state index in [1.807, 2.05) is 22.9 Å². The molecule has 0 radical (unpaired) electrons. The van der Waals surface area contributed by atoms with E-state index in [2.05, 4.69) is 38.3 Å². The standard InChI is InChI=1S/C17H20N6O.ClH/c1-24-10-9-23-15(11-14(21-23)13-5-3-2-4-6-13)17-20-19-16-12-18-7-8-22(16)17;/h2-6,11,18H,7-10,12H2,1H3;1H.